The van der Waals surface area contributed by atoms with Crippen LogP contribution in [0.3, 0.4) is 0 Å². The maximum atomic E-state index is 10.8. The van der Waals surface area contributed by atoms with Crippen LogP contribution in [0.15, 0.2) is 18.2 Å². The Bertz CT molecular complexity index is 444. The highest BCUT2D eigenvalue weighted by molar-refractivity contribution is 5.58. The number of rotatable bonds is 5. The average molecular weight is 254 g/mol. The molecule has 6 heteroatoms. The van der Waals surface area contributed by atoms with E-state index >= 15 is 0 Å². The van der Waals surface area contributed by atoms with Crippen molar-refractivity contribution in [2.45, 2.75) is 32.4 Å². The molecular formula is C12H18N2O4. The number of ether oxygens (including phenoxy) is 1. The Morgan fingerprint density at radius 3 is 2.56 bits per heavy atom. The molecule has 2 N–H and O–H groups in total. The summed E-state index contributed by atoms with van der Waals surface area (Å²) in [6, 6.07) is 4.51. The van der Waals surface area contributed by atoms with Gasteiger partial charge in [0.1, 0.15) is 0 Å². The SMILES string of the molecule is COc1cc(NC(C)(C)C(C)O)ccc1[N+](=O)[O-]. The Hall–Kier alpha value is -1.82. The summed E-state index contributed by atoms with van der Waals surface area (Å²) < 4.78 is 4.98. The summed E-state index contributed by atoms with van der Waals surface area (Å²) in [4.78, 5) is 10.3. The van der Waals surface area contributed by atoms with Crippen molar-refractivity contribution >= 4 is 11.4 Å². The van der Waals surface area contributed by atoms with Crippen LogP contribution in [-0.2, 0) is 0 Å². The van der Waals surface area contributed by atoms with E-state index in [9.17, 15) is 15.2 Å². The molecule has 0 fully saturated rings. The summed E-state index contributed by atoms with van der Waals surface area (Å²) in [6.45, 7) is 5.35. The molecule has 0 aliphatic carbocycles. The molecule has 18 heavy (non-hydrogen) atoms. The highest BCUT2D eigenvalue weighted by Crippen LogP contribution is 2.31. The van der Waals surface area contributed by atoms with Crippen LogP contribution in [0.4, 0.5) is 11.4 Å². The first-order valence-electron chi connectivity index (χ1n) is 5.56. The van der Waals surface area contributed by atoms with Crippen LogP contribution in [-0.4, -0.2) is 28.8 Å². The highest BCUT2D eigenvalue weighted by atomic mass is 16.6. The molecule has 0 heterocycles. The van der Waals surface area contributed by atoms with E-state index < -0.39 is 16.6 Å². The van der Waals surface area contributed by atoms with Crippen LogP contribution in [0.5, 0.6) is 5.75 Å². The lowest BCUT2D eigenvalue weighted by Crippen LogP contribution is -2.41. The molecule has 1 atom stereocenters. The molecule has 0 spiro atoms. The molecule has 0 saturated heterocycles. The van der Waals surface area contributed by atoms with Crippen molar-refractivity contribution < 1.29 is 14.8 Å². The van der Waals surface area contributed by atoms with Gasteiger partial charge in [-0.05, 0) is 26.8 Å². The maximum Gasteiger partial charge on any atom is 0.311 e. The van der Waals surface area contributed by atoms with Crippen molar-refractivity contribution in [1.82, 2.24) is 0 Å². The van der Waals surface area contributed by atoms with E-state index in [0.717, 1.165) is 0 Å². The van der Waals surface area contributed by atoms with E-state index in [1.807, 2.05) is 13.8 Å². The van der Waals surface area contributed by atoms with Gasteiger partial charge < -0.3 is 15.2 Å². The quantitative estimate of drug-likeness (QED) is 0.621. The monoisotopic (exact) mass is 254 g/mol. The summed E-state index contributed by atoms with van der Waals surface area (Å²) in [7, 11) is 1.38. The number of nitro benzene ring substituents is 1. The van der Waals surface area contributed by atoms with Crippen LogP contribution in [0.1, 0.15) is 20.8 Å². The van der Waals surface area contributed by atoms with E-state index in [-0.39, 0.29) is 11.4 Å². The number of hydrogen-bond acceptors (Lipinski definition) is 5. The third kappa shape index (κ3) is 3.10. The van der Waals surface area contributed by atoms with E-state index in [4.69, 9.17) is 4.74 Å². The van der Waals surface area contributed by atoms with Gasteiger partial charge in [-0.1, -0.05) is 0 Å². The van der Waals surface area contributed by atoms with E-state index in [1.165, 1.54) is 13.2 Å². The third-order valence-electron chi connectivity index (χ3n) is 2.89. The van der Waals surface area contributed by atoms with Crippen LogP contribution in [0.2, 0.25) is 0 Å². The van der Waals surface area contributed by atoms with Gasteiger partial charge in [-0.25, -0.2) is 0 Å². The first-order valence-corrected chi connectivity index (χ1v) is 5.56. The minimum Gasteiger partial charge on any atom is -0.490 e. The highest BCUT2D eigenvalue weighted by Gasteiger charge is 2.24. The number of nitro groups is 1. The topological polar surface area (TPSA) is 84.6 Å². The predicted molar refractivity (Wildman–Crippen MR) is 69.0 cm³/mol. The van der Waals surface area contributed by atoms with Crippen molar-refractivity contribution in [2.24, 2.45) is 0 Å². The molecule has 0 aromatic heterocycles. The van der Waals surface area contributed by atoms with Crippen LogP contribution < -0.4 is 10.1 Å². The fraction of sp³-hybridized carbons (Fsp3) is 0.500. The van der Waals surface area contributed by atoms with Gasteiger partial charge in [0.15, 0.2) is 5.75 Å². The molecule has 1 aromatic rings. The third-order valence-corrected chi connectivity index (χ3v) is 2.89. The second-order valence-electron chi connectivity index (χ2n) is 4.67. The second kappa shape index (κ2) is 5.22. The molecule has 1 unspecified atom stereocenters. The largest absolute Gasteiger partial charge is 0.490 e. The number of hydrogen-bond donors (Lipinski definition) is 2. The van der Waals surface area contributed by atoms with Gasteiger partial charge in [0.2, 0.25) is 0 Å². The van der Waals surface area contributed by atoms with E-state index in [2.05, 4.69) is 5.32 Å². The Balaban J connectivity index is 3.03. The summed E-state index contributed by atoms with van der Waals surface area (Å²) >= 11 is 0. The van der Waals surface area contributed by atoms with Crippen LogP contribution >= 0.6 is 0 Å². The molecule has 6 nitrogen and oxygen atoms in total. The van der Waals surface area contributed by atoms with Gasteiger partial charge in [-0.2, -0.15) is 0 Å². The fourth-order valence-corrected chi connectivity index (χ4v) is 1.38. The molecule has 0 aliphatic rings. The first-order chi connectivity index (χ1) is 8.27. The van der Waals surface area contributed by atoms with E-state index in [1.54, 1.807) is 19.1 Å². The number of benzene rings is 1. The molecule has 100 valence electrons. The van der Waals surface area contributed by atoms with Gasteiger partial charge in [0.25, 0.3) is 0 Å². The summed E-state index contributed by atoms with van der Waals surface area (Å²) in [5.74, 6) is 0.186. The number of nitrogens with one attached hydrogen (secondary N) is 1. The molecule has 0 amide bonds. The van der Waals surface area contributed by atoms with Crippen molar-refractivity contribution in [2.75, 3.05) is 12.4 Å². The van der Waals surface area contributed by atoms with Crippen molar-refractivity contribution in [3.05, 3.63) is 28.3 Å². The lowest BCUT2D eigenvalue weighted by molar-refractivity contribution is -0.385. The van der Waals surface area contributed by atoms with Crippen molar-refractivity contribution in [1.29, 1.82) is 0 Å². The van der Waals surface area contributed by atoms with Crippen molar-refractivity contribution in [3.8, 4) is 5.75 Å². The molecule has 1 rings (SSSR count). The van der Waals surface area contributed by atoms with Gasteiger partial charge in [0.05, 0.1) is 23.7 Å². The first kappa shape index (κ1) is 14.2. The normalized spacial score (nSPS) is 12.9. The summed E-state index contributed by atoms with van der Waals surface area (Å²) in [5.41, 5.74) is 0.0301. The predicted octanol–water partition coefficient (Wildman–Crippen LogP) is 2.17. The minimum absolute atomic E-state index is 0.0853. The van der Waals surface area contributed by atoms with Gasteiger partial charge >= 0.3 is 5.69 Å². The van der Waals surface area contributed by atoms with Crippen molar-refractivity contribution in [3.63, 3.8) is 0 Å². The standard InChI is InChI=1S/C12H18N2O4/c1-8(15)12(2,3)13-9-5-6-10(14(16)17)11(7-9)18-4/h5-8,13,15H,1-4H3. The number of aliphatic hydroxyl groups excluding tert-OH is 1. The number of aliphatic hydroxyl groups is 1. The van der Waals surface area contributed by atoms with Gasteiger partial charge in [-0.3, -0.25) is 10.1 Å². The molecule has 1 aromatic carbocycles. The number of methoxy groups -OCH3 is 1. The zero-order valence-electron chi connectivity index (χ0n) is 10.9. The Kier molecular flexibility index (Phi) is 4.13. The fourth-order valence-electron chi connectivity index (χ4n) is 1.38. The summed E-state index contributed by atoms with van der Waals surface area (Å²) in [5, 5.41) is 23.5. The second-order valence-corrected chi connectivity index (χ2v) is 4.67. The minimum atomic E-state index is -0.571. The molecule has 0 bridgehead atoms. The summed E-state index contributed by atoms with van der Waals surface area (Å²) in [6.07, 6.45) is -0.571. The zero-order valence-corrected chi connectivity index (χ0v) is 10.9. The zero-order chi connectivity index (χ0) is 13.9. The number of nitrogens with zero attached hydrogens (tertiary/aromatic N) is 1. The smallest absolute Gasteiger partial charge is 0.311 e. The van der Waals surface area contributed by atoms with Gasteiger partial charge in [-0.15, -0.1) is 0 Å². The van der Waals surface area contributed by atoms with Crippen LogP contribution in [0, 0.1) is 10.1 Å². The Morgan fingerprint density at radius 2 is 2.11 bits per heavy atom. The number of anilines is 1. The average Bonchev–Trinajstić information content (AvgIpc) is 2.27. The molecule has 0 radical (unpaired) electrons. The molecule has 0 saturated carbocycles. The Labute approximate surface area is 106 Å². The lowest BCUT2D eigenvalue weighted by atomic mass is 9.98. The maximum absolute atomic E-state index is 10.8. The molecular weight excluding hydrogens is 236 g/mol. The van der Waals surface area contributed by atoms with Crippen LogP contribution in [0.25, 0.3) is 0 Å². The van der Waals surface area contributed by atoms with Gasteiger partial charge in [0, 0.05) is 17.8 Å². The Morgan fingerprint density at radius 1 is 1.50 bits per heavy atom. The van der Waals surface area contributed by atoms with E-state index in [0.29, 0.717) is 5.69 Å². The molecule has 0 aliphatic heterocycles. The lowest BCUT2D eigenvalue weighted by Gasteiger charge is -2.30.